The van der Waals surface area contributed by atoms with Crippen LogP contribution in [0.2, 0.25) is 0 Å². The highest BCUT2D eigenvalue weighted by molar-refractivity contribution is 5.89. The van der Waals surface area contributed by atoms with Crippen molar-refractivity contribution in [2.24, 2.45) is 0 Å². The second-order valence-electron chi connectivity index (χ2n) is 5.34. The van der Waals surface area contributed by atoms with Crippen molar-refractivity contribution in [3.05, 3.63) is 58.9 Å². The second-order valence-corrected chi connectivity index (χ2v) is 5.34. The molecule has 134 valence electrons. The number of hydrogen-bond acceptors (Lipinski definition) is 4. The number of hydrogen-bond donors (Lipinski definition) is 1. The van der Waals surface area contributed by atoms with Gasteiger partial charge in [0, 0.05) is 18.7 Å². The van der Waals surface area contributed by atoms with Crippen molar-refractivity contribution in [1.29, 1.82) is 0 Å². The van der Waals surface area contributed by atoms with Crippen molar-refractivity contribution in [2.75, 3.05) is 0 Å². The van der Waals surface area contributed by atoms with Crippen LogP contribution in [-0.2, 0) is 20.9 Å². The summed E-state index contributed by atoms with van der Waals surface area (Å²) in [5.41, 5.74) is 0.302. The zero-order valence-corrected chi connectivity index (χ0v) is 13.5. The van der Waals surface area contributed by atoms with Gasteiger partial charge in [-0.3, -0.25) is 4.79 Å². The maximum Gasteiger partial charge on any atom is 0.429 e. The van der Waals surface area contributed by atoms with E-state index >= 15 is 0 Å². The second kappa shape index (κ2) is 7.42. The number of aromatic nitrogens is 1. The number of H-pyrrole nitrogens is 1. The average Bonchev–Trinajstić information content (AvgIpc) is 2.91. The lowest BCUT2D eigenvalue weighted by molar-refractivity contribution is -0.223. The molecule has 0 aliphatic carbocycles. The van der Waals surface area contributed by atoms with Gasteiger partial charge < -0.3 is 14.5 Å². The van der Waals surface area contributed by atoms with Crippen LogP contribution in [0.25, 0.3) is 0 Å². The van der Waals surface area contributed by atoms with E-state index in [0.717, 1.165) is 18.7 Å². The van der Waals surface area contributed by atoms with Gasteiger partial charge in [-0.05, 0) is 18.1 Å². The fraction of sp³-hybridized carbons (Fsp3) is 0.294. The van der Waals surface area contributed by atoms with Crippen LogP contribution >= 0.6 is 0 Å². The first kappa shape index (κ1) is 18.6. The number of carbonyl (C=O) groups excluding carboxylic acids is 2. The van der Waals surface area contributed by atoms with Gasteiger partial charge in [-0.25, -0.2) is 4.79 Å². The summed E-state index contributed by atoms with van der Waals surface area (Å²) in [5, 5.41) is 0. The Morgan fingerprint density at radius 2 is 1.84 bits per heavy atom. The maximum absolute atomic E-state index is 13.1. The number of esters is 2. The molecule has 1 aromatic heterocycles. The molecule has 1 atom stereocenters. The number of carbonyl (C=O) groups is 2. The van der Waals surface area contributed by atoms with E-state index in [1.807, 2.05) is 0 Å². The summed E-state index contributed by atoms with van der Waals surface area (Å²) in [7, 11) is 0. The van der Waals surface area contributed by atoms with Crippen LogP contribution in [0.15, 0.2) is 36.5 Å². The Balaban J connectivity index is 2.18. The third-order valence-corrected chi connectivity index (χ3v) is 3.46. The largest absolute Gasteiger partial charge is 0.456 e. The van der Waals surface area contributed by atoms with Gasteiger partial charge >= 0.3 is 18.1 Å². The van der Waals surface area contributed by atoms with Crippen LogP contribution in [0.4, 0.5) is 13.2 Å². The van der Waals surface area contributed by atoms with Gasteiger partial charge in [0.05, 0.1) is 0 Å². The van der Waals surface area contributed by atoms with Crippen molar-refractivity contribution in [2.45, 2.75) is 32.7 Å². The molecule has 0 saturated heterocycles. The number of ether oxygens (including phenoxy) is 2. The first-order valence-corrected chi connectivity index (χ1v) is 7.33. The zero-order valence-electron chi connectivity index (χ0n) is 13.5. The summed E-state index contributed by atoms with van der Waals surface area (Å²) >= 11 is 0. The lowest BCUT2D eigenvalue weighted by Gasteiger charge is -2.20. The highest BCUT2D eigenvalue weighted by atomic mass is 19.4. The van der Waals surface area contributed by atoms with Gasteiger partial charge in [0.15, 0.2) is 0 Å². The summed E-state index contributed by atoms with van der Waals surface area (Å²) in [6.45, 7) is 2.20. The van der Waals surface area contributed by atoms with E-state index in [9.17, 15) is 22.8 Å². The molecule has 0 aliphatic heterocycles. The van der Waals surface area contributed by atoms with Crippen LogP contribution in [0.1, 0.15) is 40.2 Å². The van der Waals surface area contributed by atoms with Crippen molar-refractivity contribution in [3.8, 4) is 0 Å². The molecule has 0 saturated carbocycles. The molecular weight excluding hydrogens is 339 g/mol. The molecule has 0 radical (unpaired) electrons. The first-order chi connectivity index (χ1) is 11.7. The summed E-state index contributed by atoms with van der Waals surface area (Å²) in [4.78, 5) is 25.5. The average molecular weight is 355 g/mol. The van der Waals surface area contributed by atoms with E-state index in [4.69, 9.17) is 4.74 Å². The predicted octanol–water partition coefficient (Wildman–Crippen LogP) is 3.85. The lowest BCUT2D eigenvalue weighted by Crippen LogP contribution is -2.25. The summed E-state index contributed by atoms with van der Waals surface area (Å²) in [6.07, 6.45) is -6.25. The van der Waals surface area contributed by atoms with E-state index in [-0.39, 0.29) is 23.4 Å². The number of halogens is 3. The Labute approximate surface area is 141 Å². The molecule has 2 aromatic rings. The van der Waals surface area contributed by atoms with Gasteiger partial charge in [0.25, 0.3) is 0 Å². The molecular formula is C17H16F3NO4. The molecule has 1 unspecified atom stereocenters. The molecule has 5 nitrogen and oxygen atoms in total. The first-order valence-electron chi connectivity index (χ1n) is 7.33. The number of nitrogens with one attached hydrogen (secondary N) is 1. The summed E-state index contributed by atoms with van der Waals surface area (Å²) in [6, 6.07) is 8.85. The minimum Gasteiger partial charge on any atom is -0.456 e. The van der Waals surface area contributed by atoms with Gasteiger partial charge in [-0.15, -0.1) is 0 Å². The molecule has 1 heterocycles. The van der Waals surface area contributed by atoms with Gasteiger partial charge in [0.1, 0.15) is 12.3 Å². The number of aromatic amines is 1. The van der Waals surface area contributed by atoms with Gasteiger partial charge in [-0.2, -0.15) is 13.2 Å². The molecule has 0 bridgehead atoms. The number of rotatable bonds is 5. The van der Waals surface area contributed by atoms with Gasteiger partial charge in [0.2, 0.25) is 6.10 Å². The zero-order chi connectivity index (χ0) is 18.6. The fourth-order valence-corrected chi connectivity index (χ4v) is 2.26. The Morgan fingerprint density at radius 3 is 2.40 bits per heavy atom. The smallest absolute Gasteiger partial charge is 0.429 e. The Bertz CT molecular complexity index is 753. The Hall–Kier alpha value is -2.77. The normalized spacial score (nSPS) is 12.5. The van der Waals surface area contributed by atoms with E-state index in [0.29, 0.717) is 0 Å². The third kappa shape index (κ3) is 4.62. The maximum atomic E-state index is 13.1. The third-order valence-electron chi connectivity index (χ3n) is 3.46. The quantitative estimate of drug-likeness (QED) is 0.828. The van der Waals surface area contributed by atoms with Crippen LogP contribution < -0.4 is 0 Å². The minimum atomic E-state index is -4.80. The van der Waals surface area contributed by atoms with Crippen LogP contribution in [-0.4, -0.2) is 23.1 Å². The van der Waals surface area contributed by atoms with Crippen LogP contribution in [0.5, 0.6) is 0 Å². The molecule has 0 amide bonds. The van der Waals surface area contributed by atoms with E-state index < -0.39 is 24.2 Å². The number of benzene rings is 1. The van der Waals surface area contributed by atoms with E-state index in [1.54, 1.807) is 30.3 Å². The van der Waals surface area contributed by atoms with Crippen LogP contribution in [0.3, 0.4) is 0 Å². The number of alkyl halides is 3. The predicted molar refractivity (Wildman–Crippen MR) is 81.7 cm³/mol. The molecule has 0 spiro atoms. The van der Waals surface area contributed by atoms with Gasteiger partial charge in [-0.1, -0.05) is 30.3 Å². The van der Waals surface area contributed by atoms with E-state index in [2.05, 4.69) is 9.72 Å². The molecule has 0 fully saturated rings. The highest BCUT2D eigenvalue weighted by Crippen LogP contribution is 2.38. The van der Waals surface area contributed by atoms with E-state index in [1.165, 1.54) is 6.92 Å². The minimum absolute atomic E-state index is 0.0138. The lowest BCUT2D eigenvalue weighted by atomic mass is 10.1. The molecule has 25 heavy (non-hydrogen) atoms. The van der Waals surface area contributed by atoms with Crippen LogP contribution in [0, 0.1) is 6.92 Å². The van der Waals surface area contributed by atoms with Crippen molar-refractivity contribution >= 4 is 11.9 Å². The summed E-state index contributed by atoms with van der Waals surface area (Å²) in [5.74, 6) is -1.87. The Kier molecular flexibility index (Phi) is 5.51. The highest BCUT2D eigenvalue weighted by Gasteiger charge is 2.45. The summed E-state index contributed by atoms with van der Waals surface area (Å²) < 4.78 is 48.8. The Morgan fingerprint density at radius 1 is 1.20 bits per heavy atom. The molecule has 8 heteroatoms. The van der Waals surface area contributed by atoms with Crippen molar-refractivity contribution in [1.82, 2.24) is 4.98 Å². The fourth-order valence-electron chi connectivity index (χ4n) is 2.26. The van der Waals surface area contributed by atoms with Crippen molar-refractivity contribution < 1.29 is 32.2 Å². The topological polar surface area (TPSA) is 68.4 Å². The molecule has 0 aliphatic rings. The monoisotopic (exact) mass is 355 g/mol. The molecule has 1 N–H and O–H groups in total. The molecule has 2 rings (SSSR count). The molecule has 1 aromatic carbocycles. The SMILES string of the molecule is CC(=O)OC(c1c[nH]c(C(=O)OCc2ccccc2)c1C)C(F)(F)F. The standard InChI is InChI=1S/C17H16F3NO4/c1-10-13(15(17(18,19)20)25-11(2)22)8-21-14(10)16(23)24-9-12-6-4-3-5-7-12/h3-8,15,21H,9H2,1-2H3. The van der Waals surface area contributed by atoms with Crippen molar-refractivity contribution in [3.63, 3.8) is 0 Å².